The smallest absolute Gasteiger partial charge is 0.289 e. The van der Waals surface area contributed by atoms with Crippen LogP contribution >= 0.6 is 0 Å². The van der Waals surface area contributed by atoms with Gasteiger partial charge in [-0.2, -0.15) is 10.1 Å². The number of fused-ring (bicyclic) bond motifs is 1. The summed E-state index contributed by atoms with van der Waals surface area (Å²) in [5, 5.41) is 6.16. The molecule has 3 rings (SSSR count). The van der Waals surface area contributed by atoms with Crippen molar-refractivity contribution in [3.63, 3.8) is 0 Å². The monoisotopic (exact) mass is 318 g/mol. The predicted molar refractivity (Wildman–Crippen MR) is 85.1 cm³/mol. The Morgan fingerprint density at radius 3 is 2.74 bits per heavy atom. The first-order chi connectivity index (χ1) is 11.2. The number of amides is 1. The van der Waals surface area contributed by atoms with Crippen LogP contribution in [-0.2, 0) is 6.54 Å². The standard InChI is InChI=1S/C15H22N6O2/c1-3-21-13-11(10-16-21)17-12(15(18-13)23-4-2)14(22)19-20-8-6-5-7-9-20/h10H,3-9H2,1-2H3,(H,19,22). The zero-order valence-corrected chi connectivity index (χ0v) is 13.6. The molecule has 124 valence electrons. The maximum Gasteiger partial charge on any atom is 0.289 e. The molecule has 0 radical (unpaired) electrons. The summed E-state index contributed by atoms with van der Waals surface area (Å²) in [6.07, 6.45) is 5.01. The number of rotatable bonds is 5. The van der Waals surface area contributed by atoms with Gasteiger partial charge in [-0.15, -0.1) is 0 Å². The van der Waals surface area contributed by atoms with Gasteiger partial charge in [0.25, 0.3) is 5.91 Å². The number of ether oxygens (including phenoxy) is 1. The fourth-order valence-electron chi connectivity index (χ4n) is 2.70. The molecule has 1 aliphatic rings. The number of nitrogens with one attached hydrogen (secondary N) is 1. The first-order valence-electron chi connectivity index (χ1n) is 8.15. The molecule has 0 aromatic carbocycles. The SMILES string of the molecule is CCOc1nc2c(cnn2CC)nc1C(=O)NN1CCCCC1. The highest BCUT2D eigenvalue weighted by atomic mass is 16.5. The third-order valence-electron chi connectivity index (χ3n) is 3.85. The highest BCUT2D eigenvalue weighted by molar-refractivity contribution is 5.95. The molecular formula is C15H22N6O2. The lowest BCUT2D eigenvalue weighted by Gasteiger charge is -2.26. The maximum absolute atomic E-state index is 12.6. The lowest BCUT2D eigenvalue weighted by molar-refractivity contribution is 0.0740. The predicted octanol–water partition coefficient (Wildman–Crippen LogP) is 1.38. The van der Waals surface area contributed by atoms with Crippen molar-refractivity contribution in [1.82, 2.24) is 30.2 Å². The van der Waals surface area contributed by atoms with Gasteiger partial charge in [-0.3, -0.25) is 10.2 Å². The van der Waals surface area contributed by atoms with Crippen molar-refractivity contribution in [2.45, 2.75) is 39.7 Å². The van der Waals surface area contributed by atoms with Crippen molar-refractivity contribution in [3.05, 3.63) is 11.9 Å². The van der Waals surface area contributed by atoms with Crippen LogP contribution in [0.15, 0.2) is 6.20 Å². The molecule has 23 heavy (non-hydrogen) atoms. The molecule has 1 N–H and O–H groups in total. The Hall–Kier alpha value is -2.22. The molecule has 8 nitrogen and oxygen atoms in total. The molecule has 3 heterocycles. The third kappa shape index (κ3) is 3.26. The first-order valence-corrected chi connectivity index (χ1v) is 8.15. The molecule has 0 bridgehead atoms. The summed E-state index contributed by atoms with van der Waals surface area (Å²) >= 11 is 0. The molecule has 1 fully saturated rings. The van der Waals surface area contributed by atoms with Crippen molar-refractivity contribution >= 4 is 17.1 Å². The summed E-state index contributed by atoms with van der Waals surface area (Å²) in [5.41, 5.74) is 4.34. The highest BCUT2D eigenvalue weighted by Crippen LogP contribution is 2.19. The fourth-order valence-corrected chi connectivity index (χ4v) is 2.70. The molecule has 2 aromatic heterocycles. The molecule has 0 spiro atoms. The molecule has 1 saturated heterocycles. The van der Waals surface area contributed by atoms with Crippen LogP contribution in [0.25, 0.3) is 11.2 Å². The van der Waals surface area contributed by atoms with E-state index >= 15 is 0 Å². The van der Waals surface area contributed by atoms with Gasteiger partial charge in [-0.1, -0.05) is 6.42 Å². The van der Waals surface area contributed by atoms with E-state index in [1.165, 1.54) is 6.42 Å². The van der Waals surface area contributed by atoms with E-state index in [0.29, 0.717) is 24.3 Å². The summed E-state index contributed by atoms with van der Waals surface area (Å²) in [6.45, 7) is 6.66. The Morgan fingerprint density at radius 2 is 2.04 bits per heavy atom. The minimum atomic E-state index is -0.283. The molecular weight excluding hydrogens is 296 g/mol. The van der Waals surface area contributed by atoms with E-state index in [9.17, 15) is 4.79 Å². The van der Waals surface area contributed by atoms with E-state index in [4.69, 9.17) is 4.74 Å². The van der Waals surface area contributed by atoms with Crippen LogP contribution in [-0.4, -0.2) is 50.4 Å². The molecule has 0 aliphatic carbocycles. The zero-order valence-electron chi connectivity index (χ0n) is 13.6. The van der Waals surface area contributed by atoms with Crippen LogP contribution in [0.1, 0.15) is 43.6 Å². The Labute approximate surface area is 134 Å². The molecule has 2 aromatic rings. The summed E-state index contributed by atoms with van der Waals surface area (Å²) < 4.78 is 7.26. The maximum atomic E-state index is 12.6. The van der Waals surface area contributed by atoms with E-state index in [0.717, 1.165) is 25.9 Å². The van der Waals surface area contributed by atoms with Crippen LogP contribution in [0.4, 0.5) is 0 Å². The molecule has 8 heteroatoms. The van der Waals surface area contributed by atoms with Gasteiger partial charge in [0.05, 0.1) is 12.8 Å². The number of piperidine rings is 1. The minimum Gasteiger partial charge on any atom is -0.476 e. The third-order valence-corrected chi connectivity index (χ3v) is 3.85. The minimum absolute atomic E-state index is 0.209. The van der Waals surface area contributed by atoms with Gasteiger partial charge < -0.3 is 4.74 Å². The number of carbonyl (C=O) groups excluding carboxylic acids is 1. The second kappa shape index (κ2) is 6.91. The summed E-state index contributed by atoms with van der Waals surface area (Å²) in [6, 6.07) is 0. The fraction of sp³-hybridized carbons (Fsp3) is 0.600. The number of carbonyl (C=O) groups is 1. The average Bonchev–Trinajstić information content (AvgIpc) is 2.97. The number of aromatic nitrogens is 4. The van der Waals surface area contributed by atoms with Crippen molar-refractivity contribution in [2.24, 2.45) is 0 Å². The van der Waals surface area contributed by atoms with Gasteiger partial charge in [0.1, 0.15) is 5.52 Å². The normalized spacial score (nSPS) is 15.7. The van der Waals surface area contributed by atoms with E-state index in [-0.39, 0.29) is 17.5 Å². The molecule has 0 saturated carbocycles. The quantitative estimate of drug-likeness (QED) is 0.896. The first kappa shape index (κ1) is 15.7. The van der Waals surface area contributed by atoms with E-state index in [2.05, 4.69) is 20.5 Å². The van der Waals surface area contributed by atoms with Gasteiger partial charge in [0, 0.05) is 19.6 Å². The van der Waals surface area contributed by atoms with Gasteiger partial charge in [0.15, 0.2) is 11.3 Å². The lowest BCUT2D eigenvalue weighted by atomic mass is 10.2. The zero-order chi connectivity index (χ0) is 16.2. The van der Waals surface area contributed by atoms with E-state index < -0.39 is 0 Å². The number of hydrogen-bond donors (Lipinski definition) is 1. The van der Waals surface area contributed by atoms with Gasteiger partial charge >= 0.3 is 0 Å². The number of aryl methyl sites for hydroxylation is 1. The van der Waals surface area contributed by atoms with Crippen LogP contribution in [0.2, 0.25) is 0 Å². The number of hydrogen-bond acceptors (Lipinski definition) is 6. The van der Waals surface area contributed by atoms with Gasteiger partial charge in [0.2, 0.25) is 5.88 Å². The van der Waals surface area contributed by atoms with Crippen molar-refractivity contribution in [2.75, 3.05) is 19.7 Å². The Morgan fingerprint density at radius 1 is 1.26 bits per heavy atom. The van der Waals surface area contributed by atoms with E-state index in [1.54, 1.807) is 10.9 Å². The largest absolute Gasteiger partial charge is 0.476 e. The van der Waals surface area contributed by atoms with Crippen LogP contribution in [0.5, 0.6) is 5.88 Å². The lowest BCUT2D eigenvalue weighted by Crippen LogP contribution is -2.45. The molecule has 0 unspecified atom stereocenters. The summed E-state index contributed by atoms with van der Waals surface area (Å²) in [5.74, 6) is -0.0290. The topological polar surface area (TPSA) is 85.2 Å². The van der Waals surface area contributed by atoms with Crippen molar-refractivity contribution in [3.8, 4) is 5.88 Å². The molecule has 1 amide bonds. The second-order valence-electron chi connectivity index (χ2n) is 5.47. The average molecular weight is 318 g/mol. The highest BCUT2D eigenvalue weighted by Gasteiger charge is 2.22. The van der Waals surface area contributed by atoms with Crippen molar-refractivity contribution in [1.29, 1.82) is 0 Å². The second-order valence-corrected chi connectivity index (χ2v) is 5.47. The van der Waals surface area contributed by atoms with Crippen LogP contribution in [0, 0.1) is 0 Å². The Bertz CT molecular complexity index is 693. The van der Waals surface area contributed by atoms with Crippen LogP contribution < -0.4 is 10.2 Å². The van der Waals surface area contributed by atoms with E-state index in [1.807, 2.05) is 18.9 Å². The molecule has 0 atom stereocenters. The summed E-state index contributed by atoms with van der Waals surface area (Å²) in [7, 11) is 0. The Kier molecular flexibility index (Phi) is 4.71. The van der Waals surface area contributed by atoms with Crippen molar-refractivity contribution < 1.29 is 9.53 Å². The molecule has 1 aliphatic heterocycles. The Balaban J connectivity index is 1.90. The van der Waals surface area contributed by atoms with Gasteiger partial charge in [-0.25, -0.2) is 14.7 Å². The number of hydrazine groups is 1. The van der Waals surface area contributed by atoms with Crippen LogP contribution in [0.3, 0.4) is 0 Å². The summed E-state index contributed by atoms with van der Waals surface area (Å²) in [4.78, 5) is 21.4. The number of nitrogens with zero attached hydrogens (tertiary/aromatic N) is 5. The van der Waals surface area contributed by atoms with Gasteiger partial charge in [-0.05, 0) is 26.7 Å².